The summed E-state index contributed by atoms with van der Waals surface area (Å²) in [4.78, 5) is 16.1. The molecule has 25 heavy (non-hydrogen) atoms. The molecule has 1 aliphatic rings. The van der Waals surface area contributed by atoms with Gasteiger partial charge >= 0.3 is 0 Å². The molecule has 1 aromatic carbocycles. The minimum absolute atomic E-state index is 0.166. The maximum atomic E-state index is 11.9. The van der Waals surface area contributed by atoms with Gasteiger partial charge in [-0.05, 0) is 42.9 Å². The molecular formula is C19H29ClN4O. The SMILES string of the molecule is CN=C(NCCNC(=O)CC1CCCC1)NCCc1ccc(Cl)cc1. The van der Waals surface area contributed by atoms with Gasteiger partial charge in [-0.15, -0.1) is 0 Å². The Morgan fingerprint density at radius 2 is 1.72 bits per heavy atom. The Bertz CT molecular complexity index is 553. The van der Waals surface area contributed by atoms with Crippen molar-refractivity contribution in [3.05, 3.63) is 34.9 Å². The number of rotatable bonds is 8. The Balaban J connectivity index is 1.55. The third-order valence-electron chi connectivity index (χ3n) is 4.53. The summed E-state index contributed by atoms with van der Waals surface area (Å²) in [7, 11) is 1.75. The number of amides is 1. The number of nitrogens with one attached hydrogen (secondary N) is 3. The van der Waals surface area contributed by atoms with Gasteiger partial charge in [0.2, 0.25) is 5.91 Å². The molecule has 0 saturated heterocycles. The average molecular weight is 365 g/mol. The fourth-order valence-corrected chi connectivity index (χ4v) is 3.25. The van der Waals surface area contributed by atoms with Crippen LogP contribution >= 0.6 is 11.6 Å². The molecule has 1 aliphatic carbocycles. The molecule has 0 radical (unpaired) electrons. The topological polar surface area (TPSA) is 65.5 Å². The molecule has 2 rings (SSSR count). The second-order valence-electron chi connectivity index (χ2n) is 6.51. The Hall–Kier alpha value is -1.75. The number of carbonyl (C=O) groups is 1. The smallest absolute Gasteiger partial charge is 0.220 e. The van der Waals surface area contributed by atoms with Crippen molar-refractivity contribution in [3.8, 4) is 0 Å². The van der Waals surface area contributed by atoms with Gasteiger partial charge in [0.1, 0.15) is 0 Å². The molecule has 1 aromatic rings. The zero-order valence-electron chi connectivity index (χ0n) is 15.0. The second-order valence-corrected chi connectivity index (χ2v) is 6.94. The van der Waals surface area contributed by atoms with Gasteiger partial charge < -0.3 is 16.0 Å². The van der Waals surface area contributed by atoms with E-state index in [4.69, 9.17) is 11.6 Å². The van der Waals surface area contributed by atoms with Gasteiger partial charge in [-0.2, -0.15) is 0 Å². The van der Waals surface area contributed by atoms with Gasteiger partial charge in [-0.1, -0.05) is 36.6 Å². The van der Waals surface area contributed by atoms with Crippen molar-refractivity contribution in [1.29, 1.82) is 0 Å². The number of carbonyl (C=O) groups excluding carboxylic acids is 1. The fourth-order valence-electron chi connectivity index (χ4n) is 3.13. The number of nitrogens with zero attached hydrogens (tertiary/aromatic N) is 1. The van der Waals surface area contributed by atoms with E-state index in [1.165, 1.54) is 31.2 Å². The van der Waals surface area contributed by atoms with Crippen molar-refractivity contribution in [2.24, 2.45) is 10.9 Å². The van der Waals surface area contributed by atoms with Crippen molar-refractivity contribution >= 4 is 23.5 Å². The van der Waals surface area contributed by atoms with Crippen LogP contribution in [0.2, 0.25) is 5.02 Å². The first-order chi connectivity index (χ1) is 12.2. The quantitative estimate of drug-likeness (QED) is 0.377. The maximum absolute atomic E-state index is 11.9. The third kappa shape index (κ3) is 7.78. The number of guanidine groups is 1. The number of aliphatic imine (C=N–C) groups is 1. The first kappa shape index (κ1) is 19.6. The van der Waals surface area contributed by atoms with Crippen LogP contribution in [0.4, 0.5) is 0 Å². The zero-order valence-corrected chi connectivity index (χ0v) is 15.7. The van der Waals surface area contributed by atoms with E-state index in [1.54, 1.807) is 7.05 Å². The minimum atomic E-state index is 0.166. The monoisotopic (exact) mass is 364 g/mol. The van der Waals surface area contributed by atoms with Crippen molar-refractivity contribution in [1.82, 2.24) is 16.0 Å². The minimum Gasteiger partial charge on any atom is -0.356 e. The fraction of sp³-hybridized carbons (Fsp3) is 0.579. The molecule has 0 aromatic heterocycles. The summed E-state index contributed by atoms with van der Waals surface area (Å²) >= 11 is 5.88. The van der Waals surface area contributed by atoms with Crippen LogP contribution in [0, 0.1) is 5.92 Å². The maximum Gasteiger partial charge on any atom is 0.220 e. The van der Waals surface area contributed by atoms with E-state index in [2.05, 4.69) is 20.9 Å². The number of benzene rings is 1. The molecule has 1 amide bonds. The van der Waals surface area contributed by atoms with E-state index < -0.39 is 0 Å². The summed E-state index contributed by atoms with van der Waals surface area (Å²) in [5, 5.41) is 10.2. The Morgan fingerprint density at radius 1 is 1.08 bits per heavy atom. The lowest BCUT2D eigenvalue weighted by molar-refractivity contribution is -0.121. The first-order valence-electron chi connectivity index (χ1n) is 9.13. The van der Waals surface area contributed by atoms with Crippen LogP contribution in [0.3, 0.4) is 0 Å². The zero-order chi connectivity index (χ0) is 17.9. The van der Waals surface area contributed by atoms with E-state index in [-0.39, 0.29) is 5.91 Å². The highest BCUT2D eigenvalue weighted by atomic mass is 35.5. The number of hydrogen-bond acceptors (Lipinski definition) is 2. The van der Waals surface area contributed by atoms with Gasteiger partial charge in [-0.25, -0.2) is 0 Å². The van der Waals surface area contributed by atoms with Gasteiger partial charge in [-0.3, -0.25) is 9.79 Å². The number of hydrogen-bond donors (Lipinski definition) is 3. The summed E-state index contributed by atoms with van der Waals surface area (Å²) in [6.07, 6.45) is 6.53. The van der Waals surface area contributed by atoms with Gasteiger partial charge in [0.15, 0.2) is 5.96 Å². The van der Waals surface area contributed by atoms with Crippen molar-refractivity contribution in [3.63, 3.8) is 0 Å². The normalized spacial score (nSPS) is 15.2. The Labute approximate surface area is 155 Å². The van der Waals surface area contributed by atoms with Crippen molar-refractivity contribution < 1.29 is 4.79 Å². The van der Waals surface area contributed by atoms with Crippen LogP contribution in [0.15, 0.2) is 29.3 Å². The van der Waals surface area contributed by atoms with E-state index in [1.807, 2.05) is 24.3 Å². The standard InChI is InChI=1S/C19H29ClN4O/c1-21-19(23-11-10-15-6-8-17(20)9-7-15)24-13-12-22-18(25)14-16-4-2-3-5-16/h6-9,16H,2-5,10-14H2,1H3,(H,22,25)(H2,21,23,24). The third-order valence-corrected chi connectivity index (χ3v) is 4.78. The molecule has 0 aliphatic heterocycles. The van der Waals surface area contributed by atoms with Crippen LogP contribution < -0.4 is 16.0 Å². The van der Waals surface area contributed by atoms with Gasteiger partial charge in [0.05, 0.1) is 0 Å². The lowest BCUT2D eigenvalue weighted by atomic mass is 10.0. The second kappa shape index (κ2) is 11.0. The summed E-state index contributed by atoms with van der Waals surface area (Å²) in [6, 6.07) is 7.86. The predicted octanol–water partition coefficient (Wildman–Crippen LogP) is 2.74. The molecule has 0 atom stereocenters. The highest BCUT2D eigenvalue weighted by Crippen LogP contribution is 2.27. The largest absolute Gasteiger partial charge is 0.356 e. The van der Waals surface area contributed by atoms with Crippen molar-refractivity contribution in [2.75, 3.05) is 26.7 Å². The molecule has 3 N–H and O–H groups in total. The molecule has 0 spiro atoms. The summed E-state index contributed by atoms with van der Waals surface area (Å²) in [5.41, 5.74) is 1.23. The lowest BCUT2D eigenvalue weighted by Gasteiger charge is -2.13. The summed E-state index contributed by atoms with van der Waals surface area (Å²) in [5.74, 6) is 1.51. The van der Waals surface area contributed by atoms with E-state index >= 15 is 0 Å². The molecular weight excluding hydrogens is 336 g/mol. The lowest BCUT2D eigenvalue weighted by Crippen LogP contribution is -2.42. The molecule has 0 unspecified atom stereocenters. The van der Waals surface area contributed by atoms with Crippen molar-refractivity contribution in [2.45, 2.75) is 38.5 Å². The van der Waals surface area contributed by atoms with Crippen LogP contribution in [-0.4, -0.2) is 38.5 Å². The van der Waals surface area contributed by atoms with E-state index in [9.17, 15) is 4.79 Å². The summed E-state index contributed by atoms with van der Waals surface area (Å²) < 4.78 is 0. The van der Waals surface area contributed by atoms with Gasteiger partial charge in [0, 0.05) is 38.1 Å². The molecule has 6 heteroatoms. The Kier molecular flexibility index (Phi) is 8.60. The highest BCUT2D eigenvalue weighted by Gasteiger charge is 2.17. The predicted molar refractivity (Wildman–Crippen MR) is 104 cm³/mol. The Morgan fingerprint density at radius 3 is 2.40 bits per heavy atom. The molecule has 5 nitrogen and oxygen atoms in total. The molecule has 1 saturated carbocycles. The van der Waals surface area contributed by atoms with E-state index in [0.29, 0.717) is 25.4 Å². The first-order valence-corrected chi connectivity index (χ1v) is 9.51. The highest BCUT2D eigenvalue weighted by molar-refractivity contribution is 6.30. The molecule has 1 fully saturated rings. The molecule has 0 heterocycles. The molecule has 138 valence electrons. The average Bonchev–Trinajstić information content (AvgIpc) is 3.11. The summed E-state index contributed by atoms with van der Waals surface area (Å²) in [6.45, 7) is 2.07. The van der Waals surface area contributed by atoms with Crippen LogP contribution in [0.5, 0.6) is 0 Å². The molecule has 0 bridgehead atoms. The van der Waals surface area contributed by atoms with Crippen LogP contribution in [0.25, 0.3) is 0 Å². The van der Waals surface area contributed by atoms with Gasteiger partial charge in [0.25, 0.3) is 0 Å². The number of halogens is 1. The van der Waals surface area contributed by atoms with E-state index in [0.717, 1.165) is 23.9 Å². The van der Waals surface area contributed by atoms with Crippen LogP contribution in [-0.2, 0) is 11.2 Å². The van der Waals surface area contributed by atoms with Crippen LogP contribution in [0.1, 0.15) is 37.7 Å².